The molecule has 0 aromatic heterocycles. The lowest BCUT2D eigenvalue weighted by Crippen LogP contribution is -2.04. The number of hydrogen-bond acceptors (Lipinski definition) is 3. The Morgan fingerprint density at radius 3 is 2.12 bits per heavy atom. The van der Waals surface area contributed by atoms with Crippen molar-refractivity contribution < 1.29 is 14.1 Å². The molecule has 0 bridgehead atoms. The van der Waals surface area contributed by atoms with Gasteiger partial charge in [0, 0.05) is 0 Å². The Morgan fingerprint density at radius 1 is 1.75 bits per heavy atom. The quantitative estimate of drug-likeness (QED) is 0.430. The van der Waals surface area contributed by atoms with Crippen molar-refractivity contribution in [3.8, 4) is 0 Å². The molecule has 0 aromatic rings. The van der Waals surface area contributed by atoms with Crippen molar-refractivity contribution in [2.24, 2.45) is 5.90 Å². The summed E-state index contributed by atoms with van der Waals surface area (Å²) in [4.78, 5) is 8.61. The Labute approximate surface area is 48.1 Å². The Bertz CT molecular complexity index is 113. The summed E-state index contributed by atoms with van der Waals surface area (Å²) in [5.41, 5.74) is -0.424. The number of nitrogens with two attached hydrogens (primary N) is 1. The van der Waals surface area contributed by atoms with Crippen molar-refractivity contribution in [3.05, 3.63) is 0 Å². The van der Waals surface area contributed by atoms with E-state index in [0.29, 0.717) is 0 Å². The molecule has 8 heavy (non-hydrogen) atoms. The summed E-state index contributed by atoms with van der Waals surface area (Å²) in [5, 5.41) is 0. The van der Waals surface area contributed by atoms with Crippen LogP contribution >= 0.6 is 7.60 Å². The Balaban J connectivity index is 3.93. The highest BCUT2D eigenvalue weighted by atomic mass is 31.2. The van der Waals surface area contributed by atoms with Crippen molar-refractivity contribution in [3.63, 3.8) is 0 Å². The minimum atomic E-state index is -3.47. The van der Waals surface area contributed by atoms with Crippen molar-refractivity contribution in [2.45, 2.75) is 19.5 Å². The maximum absolute atomic E-state index is 10.5. The van der Waals surface area contributed by atoms with Gasteiger partial charge in [-0.05, 0) is 0 Å². The van der Waals surface area contributed by atoms with E-state index >= 15 is 0 Å². The second kappa shape index (κ2) is 2.60. The SMILES string of the molecule is CC(C)P(=O)(O)ON. The first-order valence-electron chi connectivity index (χ1n) is 2.21. The van der Waals surface area contributed by atoms with Crippen LogP contribution in [0.5, 0.6) is 0 Å². The van der Waals surface area contributed by atoms with Gasteiger partial charge in [-0.3, -0.25) is 4.57 Å². The van der Waals surface area contributed by atoms with E-state index in [0.717, 1.165) is 0 Å². The van der Waals surface area contributed by atoms with Crippen molar-refractivity contribution >= 4 is 7.60 Å². The average Bonchev–Trinajstić information content (AvgIpc) is 1.67. The normalized spacial score (nSPS) is 18.6. The van der Waals surface area contributed by atoms with Gasteiger partial charge in [0.1, 0.15) is 0 Å². The lowest BCUT2D eigenvalue weighted by Gasteiger charge is -2.09. The average molecular weight is 139 g/mol. The lowest BCUT2D eigenvalue weighted by atomic mass is 10.6. The molecule has 0 saturated heterocycles. The Kier molecular flexibility index (Phi) is 2.63. The molecular weight excluding hydrogens is 129 g/mol. The minimum absolute atomic E-state index is 0.424. The third kappa shape index (κ3) is 1.92. The van der Waals surface area contributed by atoms with Gasteiger partial charge in [0.2, 0.25) is 0 Å². The number of rotatable bonds is 2. The fraction of sp³-hybridized carbons (Fsp3) is 1.00. The Morgan fingerprint density at radius 2 is 2.12 bits per heavy atom. The second-order valence-electron chi connectivity index (χ2n) is 1.76. The van der Waals surface area contributed by atoms with Crippen molar-refractivity contribution in [2.75, 3.05) is 0 Å². The molecule has 0 radical (unpaired) electrons. The largest absolute Gasteiger partial charge is 0.346 e. The van der Waals surface area contributed by atoms with Crippen LogP contribution in [0.15, 0.2) is 0 Å². The fourth-order valence-corrected chi connectivity index (χ4v) is 0.365. The predicted molar refractivity (Wildman–Crippen MR) is 30.2 cm³/mol. The highest BCUT2D eigenvalue weighted by molar-refractivity contribution is 7.53. The van der Waals surface area contributed by atoms with Crippen LogP contribution < -0.4 is 5.90 Å². The zero-order valence-corrected chi connectivity index (χ0v) is 5.76. The van der Waals surface area contributed by atoms with Crippen LogP contribution in [0.3, 0.4) is 0 Å². The van der Waals surface area contributed by atoms with Gasteiger partial charge in [-0.25, -0.2) is 10.5 Å². The van der Waals surface area contributed by atoms with Crippen LogP contribution in [0.2, 0.25) is 0 Å². The van der Waals surface area contributed by atoms with E-state index in [1.54, 1.807) is 13.8 Å². The van der Waals surface area contributed by atoms with Crippen LogP contribution in [-0.2, 0) is 9.19 Å². The van der Waals surface area contributed by atoms with Gasteiger partial charge in [-0.2, -0.15) is 0 Å². The van der Waals surface area contributed by atoms with Gasteiger partial charge in [-0.1, -0.05) is 13.8 Å². The third-order valence-corrected chi connectivity index (χ3v) is 2.41. The molecular formula is C3H10NO3P. The monoisotopic (exact) mass is 139 g/mol. The molecule has 0 fully saturated rings. The van der Waals surface area contributed by atoms with Gasteiger partial charge < -0.3 is 4.89 Å². The lowest BCUT2D eigenvalue weighted by molar-refractivity contribution is 0.262. The summed E-state index contributed by atoms with van der Waals surface area (Å²) >= 11 is 0. The molecule has 0 amide bonds. The third-order valence-electron chi connectivity index (χ3n) is 0.804. The first-order valence-corrected chi connectivity index (χ1v) is 3.86. The van der Waals surface area contributed by atoms with E-state index in [2.05, 4.69) is 10.5 Å². The highest BCUT2D eigenvalue weighted by Crippen LogP contribution is 2.44. The molecule has 50 valence electrons. The van der Waals surface area contributed by atoms with Crippen LogP contribution in [0, 0.1) is 0 Å². The van der Waals surface area contributed by atoms with Crippen LogP contribution in [-0.4, -0.2) is 10.6 Å². The van der Waals surface area contributed by atoms with E-state index < -0.39 is 13.3 Å². The summed E-state index contributed by atoms with van der Waals surface area (Å²) in [7, 11) is -3.47. The van der Waals surface area contributed by atoms with Crippen molar-refractivity contribution in [1.82, 2.24) is 0 Å². The molecule has 1 unspecified atom stereocenters. The fourth-order valence-electron chi connectivity index (χ4n) is 0.122. The maximum atomic E-state index is 10.5. The minimum Gasteiger partial charge on any atom is -0.323 e. The van der Waals surface area contributed by atoms with E-state index in [9.17, 15) is 4.57 Å². The molecule has 0 aliphatic rings. The zero-order valence-electron chi connectivity index (χ0n) is 4.87. The summed E-state index contributed by atoms with van der Waals surface area (Å²) in [6, 6.07) is 0. The van der Waals surface area contributed by atoms with Gasteiger partial charge in [-0.15, -0.1) is 0 Å². The molecule has 3 N–H and O–H groups in total. The predicted octanol–water partition coefficient (Wildman–Crippen LogP) is 0.470. The topological polar surface area (TPSA) is 72.5 Å². The number of hydrogen-bond donors (Lipinski definition) is 2. The van der Waals surface area contributed by atoms with E-state index in [4.69, 9.17) is 4.89 Å². The smallest absolute Gasteiger partial charge is 0.323 e. The molecule has 0 aliphatic heterocycles. The van der Waals surface area contributed by atoms with Gasteiger partial charge in [0.15, 0.2) is 0 Å². The standard InChI is InChI=1S/C3H10NO3P/c1-3(2)8(5,6)7-4/h3H,4H2,1-2H3,(H,5,6). The van der Waals surface area contributed by atoms with Gasteiger partial charge >= 0.3 is 7.60 Å². The first-order chi connectivity index (χ1) is 3.50. The van der Waals surface area contributed by atoms with Crippen molar-refractivity contribution in [1.29, 1.82) is 0 Å². The van der Waals surface area contributed by atoms with Crippen LogP contribution in [0.1, 0.15) is 13.8 Å². The molecule has 5 heteroatoms. The van der Waals surface area contributed by atoms with E-state index in [1.165, 1.54) is 0 Å². The molecule has 1 atom stereocenters. The first kappa shape index (κ1) is 8.11. The molecule has 0 heterocycles. The molecule has 0 spiro atoms. The maximum Gasteiger partial charge on any atom is 0.346 e. The zero-order chi connectivity index (χ0) is 6.78. The summed E-state index contributed by atoms with van der Waals surface area (Å²) in [6.45, 7) is 3.13. The van der Waals surface area contributed by atoms with E-state index in [1.807, 2.05) is 0 Å². The molecule has 0 aromatic carbocycles. The summed E-state index contributed by atoms with van der Waals surface area (Å²) in [5.74, 6) is 4.49. The highest BCUT2D eigenvalue weighted by Gasteiger charge is 2.22. The molecule has 0 rings (SSSR count). The van der Waals surface area contributed by atoms with Gasteiger partial charge in [0.05, 0.1) is 5.66 Å². The summed E-state index contributed by atoms with van der Waals surface area (Å²) in [6.07, 6.45) is 0. The molecule has 4 nitrogen and oxygen atoms in total. The Hall–Kier alpha value is 0.110. The molecule has 0 aliphatic carbocycles. The van der Waals surface area contributed by atoms with Crippen LogP contribution in [0.25, 0.3) is 0 Å². The van der Waals surface area contributed by atoms with Gasteiger partial charge in [0.25, 0.3) is 0 Å². The van der Waals surface area contributed by atoms with E-state index in [-0.39, 0.29) is 0 Å². The van der Waals surface area contributed by atoms with Crippen LogP contribution in [0.4, 0.5) is 0 Å². The second-order valence-corrected chi connectivity index (χ2v) is 4.14. The summed E-state index contributed by atoms with van der Waals surface area (Å²) < 4.78 is 14.3. The molecule has 0 saturated carbocycles.